The van der Waals surface area contributed by atoms with Crippen molar-refractivity contribution < 1.29 is 0 Å². The summed E-state index contributed by atoms with van der Waals surface area (Å²) in [6.07, 6.45) is 4.55. The zero-order valence-corrected chi connectivity index (χ0v) is 14.9. The Morgan fingerprint density at radius 1 is 1.36 bits per heavy atom. The fourth-order valence-electron chi connectivity index (χ4n) is 3.00. The number of benzene rings is 1. The maximum atomic E-state index is 7.46. The highest BCUT2D eigenvalue weighted by atomic mass is 15.1. The molecule has 6 heteroatoms. The highest BCUT2D eigenvalue weighted by Gasteiger charge is 2.17. The summed E-state index contributed by atoms with van der Waals surface area (Å²) in [6, 6.07) is 8.67. The van der Waals surface area contributed by atoms with Crippen molar-refractivity contribution >= 4 is 17.2 Å². The first kappa shape index (κ1) is 17.0. The van der Waals surface area contributed by atoms with Crippen LogP contribution in [-0.4, -0.2) is 24.6 Å². The lowest BCUT2D eigenvalue weighted by Crippen LogP contribution is -2.16. The maximum absolute atomic E-state index is 7.46. The molecule has 25 heavy (non-hydrogen) atoms. The third kappa shape index (κ3) is 3.47. The lowest BCUT2D eigenvalue weighted by atomic mass is 10.0. The van der Waals surface area contributed by atoms with E-state index in [1.54, 1.807) is 12.4 Å². The average molecular weight is 336 g/mol. The van der Waals surface area contributed by atoms with Crippen molar-refractivity contribution in [3.05, 3.63) is 47.8 Å². The van der Waals surface area contributed by atoms with E-state index in [0.29, 0.717) is 17.1 Å². The van der Waals surface area contributed by atoms with Gasteiger partial charge >= 0.3 is 0 Å². The Kier molecular flexibility index (Phi) is 4.70. The van der Waals surface area contributed by atoms with Crippen molar-refractivity contribution in [2.75, 3.05) is 24.2 Å². The van der Waals surface area contributed by atoms with E-state index in [9.17, 15) is 0 Å². The standard InChI is InChI=1S/C19H24N6/c1-12(2)22-11-17(24-21)16-9-15(10-23-19(16)20)13-4-5-18-14(8-13)6-7-25(18)3/h4-5,8-12,21-22H,6-7H2,1-3H3,(H2,20,23)/b17-11-,24-21?. The molecule has 0 saturated carbocycles. The molecule has 2 aromatic rings. The molecular weight excluding hydrogens is 312 g/mol. The molecule has 0 radical (unpaired) electrons. The SMILES string of the molecule is CC(C)N/C=C(\N=N)c1cc(-c2ccc3c(c2)CCN3C)cnc1N. The number of pyridine rings is 1. The second-order valence-corrected chi connectivity index (χ2v) is 6.63. The minimum absolute atomic E-state index is 0.253. The van der Waals surface area contributed by atoms with E-state index < -0.39 is 0 Å². The third-order valence-corrected chi connectivity index (χ3v) is 4.41. The fraction of sp³-hybridized carbons (Fsp3) is 0.316. The van der Waals surface area contributed by atoms with Gasteiger partial charge in [-0.1, -0.05) is 6.07 Å². The van der Waals surface area contributed by atoms with Crippen LogP contribution in [0.15, 0.2) is 41.8 Å². The Bertz CT molecular complexity index is 825. The predicted octanol–water partition coefficient (Wildman–Crippen LogP) is 3.65. The van der Waals surface area contributed by atoms with Crippen LogP contribution in [0.5, 0.6) is 0 Å². The van der Waals surface area contributed by atoms with Gasteiger partial charge in [-0.3, -0.25) is 0 Å². The van der Waals surface area contributed by atoms with Gasteiger partial charge in [0.15, 0.2) is 0 Å². The second-order valence-electron chi connectivity index (χ2n) is 6.63. The summed E-state index contributed by atoms with van der Waals surface area (Å²) < 4.78 is 0. The zero-order valence-electron chi connectivity index (χ0n) is 14.9. The number of rotatable bonds is 5. The summed E-state index contributed by atoms with van der Waals surface area (Å²) in [6.45, 7) is 5.10. The van der Waals surface area contributed by atoms with Gasteiger partial charge in [0.2, 0.25) is 0 Å². The molecule has 3 rings (SSSR count). The van der Waals surface area contributed by atoms with Crippen molar-refractivity contribution in [1.29, 1.82) is 5.53 Å². The van der Waals surface area contributed by atoms with E-state index in [1.807, 2.05) is 19.9 Å². The molecular formula is C19H24N6. The number of nitrogens with one attached hydrogen (secondary N) is 2. The van der Waals surface area contributed by atoms with E-state index in [1.165, 1.54) is 11.3 Å². The van der Waals surface area contributed by atoms with Crippen LogP contribution in [0.4, 0.5) is 11.5 Å². The minimum Gasteiger partial charge on any atom is -0.387 e. The van der Waals surface area contributed by atoms with Crippen molar-refractivity contribution in [2.24, 2.45) is 5.11 Å². The molecule has 1 aromatic carbocycles. The summed E-state index contributed by atoms with van der Waals surface area (Å²) in [5, 5.41) is 6.77. The smallest absolute Gasteiger partial charge is 0.132 e. The molecule has 2 heterocycles. The van der Waals surface area contributed by atoms with Gasteiger partial charge in [-0.25, -0.2) is 10.5 Å². The topological polar surface area (TPSA) is 90.4 Å². The van der Waals surface area contributed by atoms with Crippen molar-refractivity contribution in [3.63, 3.8) is 0 Å². The normalized spacial score (nSPS) is 13.9. The molecule has 1 aliphatic rings. The Labute approximate surface area is 148 Å². The van der Waals surface area contributed by atoms with Gasteiger partial charge in [0, 0.05) is 48.8 Å². The number of nitrogens with zero attached hydrogens (tertiary/aromatic N) is 3. The number of likely N-dealkylation sites (N-methyl/N-ethyl adjacent to an activating group) is 1. The largest absolute Gasteiger partial charge is 0.387 e. The van der Waals surface area contributed by atoms with Gasteiger partial charge in [0.25, 0.3) is 0 Å². The Morgan fingerprint density at radius 3 is 2.88 bits per heavy atom. The first-order valence-electron chi connectivity index (χ1n) is 8.43. The number of nitrogen functional groups attached to an aromatic ring is 1. The quantitative estimate of drug-likeness (QED) is 0.727. The van der Waals surface area contributed by atoms with Crippen LogP contribution in [0.1, 0.15) is 25.0 Å². The number of nitrogens with two attached hydrogens (primary N) is 1. The van der Waals surface area contributed by atoms with Gasteiger partial charge in [-0.05, 0) is 49.6 Å². The first-order valence-corrected chi connectivity index (χ1v) is 8.43. The van der Waals surface area contributed by atoms with Crippen LogP contribution in [-0.2, 0) is 6.42 Å². The lowest BCUT2D eigenvalue weighted by Gasteiger charge is -2.13. The molecule has 0 atom stereocenters. The van der Waals surface area contributed by atoms with E-state index >= 15 is 0 Å². The van der Waals surface area contributed by atoms with Gasteiger partial charge < -0.3 is 16.0 Å². The summed E-state index contributed by atoms with van der Waals surface area (Å²) in [5.41, 5.74) is 19.3. The molecule has 1 aliphatic heterocycles. The van der Waals surface area contributed by atoms with Crippen LogP contribution < -0.4 is 16.0 Å². The third-order valence-electron chi connectivity index (χ3n) is 4.41. The summed E-state index contributed by atoms with van der Waals surface area (Å²) in [7, 11) is 2.11. The molecule has 0 spiro atoms. The van der Waals surface area contributed by atoms with Crippen molar-refractivity contribution in [1.82, 2.24) is 10.3 Å². The monoisotopic (exact) mass is 336 g/mol. The highest BCUT2D eigenvalue weighted by molar-refractivity contribution is 5.78. The van der Waals surface area contributed by atoms with Crippen LogP contribution in [0, 0.1) is 5.53 Å². The molecule has 0 unspecified atom stereocenters. The van der Waals surface area contributed by atoms with Gasteiger partial charge in [0.05, 0.1) is 0 Å². The molecule has 0 fully saturated rings. The van der Waals surface area contributed by atoms with Crippen LogP contribution in [0.2, 0.25) is 0 Å². The molecule has 4 N–H and O–H groups in total. The zero-order chi connectivity index (χ0) is 18.0. The van der Waals surface area contributed by atoms with E-state index in [2.05, 4.69) is 45.6 Å². The maximum Gasteiger partial charge on any atom is 0.132 e. The fourth-order valence-corrected chi connectivity index (χ4v) is 3.00. The number of aromatic nitrogens is 1. The first-order chi connectivity index (χ1) is 12.0. The number of fused-ring (bicyclic) bond motifs is 1. The van der Waals surface area contributed by atoms with Gasteiger partial charge in [0.1, 0.15) is 11.5 Å². The van der Waals surface area contributed by atoms with E-state index in [4.69, 9.17) is 11.3 Å². The van der Waals surface area contributed by atoms with Crippen LogP contribution in [0.25, 0.3) is 16.8 Å². The predicted molar refractivity (Wildman–Crippen MR) is 102 cm³/mol. The molecule has 0 aliphatic carbocycles. The molecule has 1 aromatic heterocycles. The van der Waals surface area contributed by atoms with Gasteiger partial charge in [-0.15, -0.1) is 0 Å². The molecule has 6 nitrogen and oxygen atoms in total. The summed E-state index contributed by atoms with van der Waals surface area (Å²) >= 11 is 0. The summed E-state index contributed by atoms with van der Waals surface area (Å²) in [4.78, 5) is 6.58. The van der Waals surface area contributed by atoms with Crippen molar-refractivity contribution in [2.45, 2.75) is 26.3 Å². The molecule has 0 bridgehead atoms. The summed E-state index contributed by atoms with van der Waals surface area (Å²) in [5.74, 6) is 0.373. The number of anilines is 2. The Hall–Kier alpha value is -2.89. The van der Waals surface area contributed by atoms with Crippen LogP contribution >= 0.6 is 0 Å². The minimum atomic E-state index is 0.253. The van der Waals surface area contributed by atoms with E-state index in [-0.39, 0.29) is 6.04 Å². The molecule has 130 valence electrons. The Morgan fingerprint density at radius 2 is 2.16 bits per heavy atom. The van der Waals surface area contributed by atoms with Crippen molar-refractivity contribution in [3.8, 4) is 11.1 Å². The Balaban J connectivity index is 1.99. The van der Waals surface area contributed by atoms with Gasteiger partial charge in [-0.2, -0.15) is 5.11 Å². The second kappa shape index (κ2) is 6.93. The number of hydrogen-bond donors (Lipinski definition) is 3. The molecule has 0 amide bonds. The number of hydrogen-bond acceptors (Lipinski definition) is 6. The van der Waals surface area contributed by atoms with Crippen LogP contribution in [0.3, 0.4) is 0 Å². The van der Waals surface area contributed by atoms with E-state index in [0.717, 1.165) is 24.1 Å². The lowest BCUT2D eigenvalue weighted by molar-refractivity contribution is 0.702. The molecule has 0 saturated heterocycles. The average Bonchev–Trinajstić information content (AvgIpc) is 2.97. The highest BCUT2D eigenvalue weighted by Crippen LogP contribution is 2.33.